The van der Waals surface area contributed by atoms with Crippen molar-refractivity contribution in [3.63, 3.8) is 0 Å². The van der Waals surface area contributed by atoms with Crippen LogP contribution in [0.25, 0.3) is 0 Å². The van der Waals surface area contributed by atoms with Crippen LogP contribution < -0.4 is 5.32 Å². The molecule has 1 aromatic heterocycles. The van der Waals surface area contributed by atoms with Gasteiger partial charge in [-0.1, -0.05) is 29.8 Å². The van der Waals surface area contributed by atoms with Gasteiger partial charge < -0.3 is 10.4 Å². The lowest BCUT2D eigenvalue weighted by Crippen LogP contribution is -2.49. The lowest BCUT2D eigenvalue weighted by Gasteiger charge is -2.27. The third-order valence-electron chi connectivity index (χ3n) is 4.26. The van der Waals surface area contributed by atoms with E-state index in [-0.39, 0.29) is 6.42 Å². The molecule has 0 aliphatic rings. The Labute approximate surface area is 151 Å². The number of nitrogens with one attached hydrogen (secondary N) is 1. The lowest BCUT2D eigenvalue weighted by molar-refractivity contribution is -0.142. The van der Waals surface area contributed by atoms with Crippen molar-refractivity contribution in [2.45, 2.75) is 38.6 Å². The van der Waals surface area contributed by atoms with E-state index < -0.39 is 23.3 Å². The number of nitrogens with zero attached hydrogens (tertiary/aromatic N) is 2. The molecule has 1 unspecified atom stereocenters. The van der Waals surface area contributed by atoms with E-state index in [1.807, 2.05) is 6.92 Å². The van der Waals surface area contributed by atoms with Gasteiger partial charge in [0, 0.05) is 24.7 Å². The first-order chi connectivity index (χ1) is 11.6. The fourth-order valence-corrected chi connectivity index (χ4v) is 3.07. The number of carboxylic acid groups (broad SMARTS) is 1. The van der Waals surface area contributed by atoms with Crippen molar-refractivity contribution in [3.8, 4) is 0 Å². The van der Waals surface area contributed by atoms with Crippen LogP contribution in [-0.4, -0.2) is 32.8 Å². The zero-order chi connectivity index (χ0) is 18.8. The topological polar surface area (TPSA) is 84.2 Å². The zero-order valence-corrected chi connectivity index (χ0v) is 15.5. The monoisotopic (exact) mass is 363 g/mol. The molecule has 1 atom stereocenters. The Morgan fingerprint density at radius 2 is 2.00 bits per heavy atom. The van der Waals surface area contributed by atoms with Gasteiger partial charge in [0.25, 0.3) is 0 Å². The largest absolute Gasteiger partial charge is 0.480 e. The Morgan fingerprint density at radius 3 is 2.52 bits per heavy atom. The van der Waals surface area contributed by atoms with Crippen LogP contribution in [0.15, 0.2) is 30.5 Å². The molecule has 1 heterocycles. The Hall–Kier alpha value is -2.34. The molecule has 0 saturated carbocycles. The summed E-state index contributed by atoms with van der Waals surface area (Å²) >= 11 is 6.20. The highest BCUT2D eigenvalue weighted by Crippen LogP contribution is 2.30. The quantitative estimate of drug-likeness (QED) is 0.825. The predicted molar refractivity (Wildman–Crippen MR) is 95.7 cm³/mol. The first-order valence-electron chi connectivity index (χ1n) is 7.91. The van der Waals surface area contributed by atoms with Crippen LogP contribution in [0.3, 0.4) is 0 Å². The first kappa shape index (κ1) is 19.0. The minimum Gasteiger partial charge on any atom is -0.480 e. The molecule has 2 N–H and O–H groups in total. The molecule has 1 aromatic carbocycles. The van der Waals surface area contributed by atoms with E-state index in [9.17, 15) is 14.7 Å². The molecule has 7 heteroatoms. The van der Waals surface area contributed by atoms with Gasteiger partial charge in [-0.2, -0.15) is 5.10 Å². The molecule has 25 heavy (non-hydrogen) atoms. The number of benzene rings is 1. The summed E-state index contributed by atoms with van der Waals surface area (Å²) in [6.07, 6.45) is 1.93. The van der Waals surface area contributed by atoms with Crippen molar-refractivity contribution < 1.29 is 14.7 Å². The second-order valence-corrected chi connectivity index (χ2v) is 6.99. The number of aliphatic carboxylic acids is 1. The molecular formula is C18H22ClN3O3. The van der Waals surface area contributed by atoms with Gasteiger partial charge in [-0.25, -0.2) is 4.79 Å². The maximum Gasteiger partial charge on any atom is 0.326 e. The highest BCUT2D eigenvalue weighted by molar-refractivity contribution is 6.31. The van der Waals surface area contributed by atoms with Crippen LogP contribution >= 0.6 is 11.6 Å². The summed E-state index contributed by atoms with van der Waals surface area (Å²) in [5, 5.41) is 16.8. The van der Waals surface area contributed by atoms with E-state index >= 15 is 0 Å². The molecule has 0 fully saturated rings. The lowest BCUT2D eigenvalue weighted by atomic mass is 9.83. The highest BCUT2D eigenvalue weighted by atomic mass is 35.5. The Bertz CT molecular complexity index is 799. The average molecular weight is 364 g/mol. The third kappa shape index (κ3) is 4.20. The van der Waals surface area contributed by atoms with Crippen LogP contribution in [0, 0.1) is 6.92 Å². The third-order valence-corrected chi connectivity index (χ3v) is 4.59. The van der Waals surface area contributed by atoms with Gasteiger partial charge in [-0.3, -0.25) is 9.48 Å². The molecule has 0 bridgehead atoms. The fourth-order valence-electron chi connectivity index (χ4n) is 2.70. The standard InChI is InChI=1S/C18H22ClN3O3/c1-11-12(10-22(4)21-11)9-15(16(23)24)20-17(25)18(2,3)13-7-5-6-8-14(13)19/h5-8,10,15H,9H2,1-4H3,(H,20,25)(H,23,24). The number of halogens is 1. The molecule has 2 rings (SSSR count). The first-order valence-corrected chi connectivity index (χ1v) is 8.28. The molecule has 2 aromatic rings. The summed E-state index contributed by atoms with van der Waals surface area (Å²) in [7, 11) is 1.77. The van der Waals surface area contributed by atoms with E-state index in [2.05, 4.69) is 10.4 Å². The van der Waals surface area contributed by atoms with Crippen molar-refractivity contribution in [2.24, 2.45) is 7.05 Å². The molecule has 0 aliphatic heterocycles. The second-order valence-electron chi connectivity index (χ2n) is 6.59. The Balaban J connectivity index is 2.21. The van der Waals surface area contributed by atoms with Crippen LogP contribution in [0.4, 0.5) is 0 Å². The van der Waals surface area contributed by atoms with E-state index in [1.54, 1.807) is 56.0 Å². The van der Waals surface area contributed by atoms with Gasteiger partial charge in [0.15, 0.2) is 0 Å². The maximum absolute atomic E-state index is 12.8. The summed E-state index contributed by atoms with van der Waals surface area (Å²) in [6, 6.07) is 6.01. The Kier molecular flexibility index (Phi) is 5.52. The number of rotatable bonds is 6. The zero-order valence-electron chi connectivity index (χ0n) is 14.7. The van der Waals surface area contributed by atoms with Crippen molar-refractivity contribution in [2.75, 3.05) is 0 Å². The number of amides is 1. The van der Waals surface area contributed by atoms with E-state index in [0.29, 0.717) is 10.6 Å². The van der Waals surface area contributed by atoms with Crippen LogP contribution in [-0.2, 0) is 28.5 Å². The number of hydrogen-bond donors (Lipinski definition) is 2. The minimum atomic E-state index is -1.09. The molecule has 0 radical (unpaired) electrons. The van der Waals surface area contributed by atoms with Gasteiger partial charge in [-0.15, -0.1) is 0 Å². The van der Waals surface area contributed by atoms with Gasteiger partial charge >= 0.3 is 5.97 Å². The number of aromatic nitrogens is 2. The predicted octanol–water partition coefficient (Wildman–Crippen LogP) is 2.47. The minimum absolute atomic E-state index is 0.166. The normalized spacial score (nSPS) is 12.7. The average Bonchev–Trinajstić information content (AvgIpc) is 2.84. The van der Waals surface area contributed by atoms with Crippen molar-refractivity contribution >= 4 is 23.5 Å². The molecule has 1 amide bonds. The van der Waals surface area contributed by atoms with E-state index in [1.165, 1.54) is 0 Å². The number of aryl methyl sites for hydroxylation is 2. The van der Waals surface area contributed by atoms with Crippen molar-refractivity contribution in [1.82, 2.24) is 15.1 Å². The number of hydrogen-bond acceptors (Lipinski definition) is 3. The maximum atomic E-state index is 12.8. The number of carbonyl (C=O) groups is 2. The summed E-state index contributed by atoms with van der Waals surface area (Å²) in [4.78, 5) is 24.4. The molecule has 0 aliphatic carbocycles. The van der Waals surface area contributed by atoms with Crippen molar-refractivity contribution in [3.05, 3.63) is 52.3 Å². The molecule has 134 valence electrons. The van der Waals surface area contributed by atoms with Crippen LogP contribution in [0.2, 0.25) is 5.02 Å². The van der Waals surface area contributed by atoms with E-state index in [0.717, 1.165) is 11.3 Å². The van der Waals surface area contributed by atoms with Crippen molar-refractivity contribution in [1.29, 1.82) is 0 Å². The highest BCUT2D eigenvalue weighted by Gasteiger charge is 2.34. The molecule has 0 spiro atoms. The van der Waals surface area contributed by atoms with Gasteiger partial charge in [-0.05, 0) is 38.0 Å². The summed E-state index contributed by atoms with van der Waals surface area (Å²) < 4.78 is 1.62. The second kappa shape index (κ2) is 7.27. The van der Waals surface area contributed by atoms with Gasteiger partial charge in [0.2, 0.25) is 5.91 Å². The number of carbonyl (C=O) groups excluding carboxylic acids is 1. The van der Waals surface area contributed by atoms with Gasteiger partial charge in [0.05, 0.1) is 11.1 Å². The van der Waals surface area contributed by atoms with Crippen LogP contribution in [0.1, 0.15) is 30.7 Å². The SMILES string of the molecule is Cc1nn(C)cc1CC(NC(=O)C(C)(C)c1ccccc1Cl)C(=O)O. The summed E-state index contributed by atoms with van der Waals surface area (Å²) in [5.74, 6) is -1.49. The van der Waals surface area contributed by atoms with E-state index in [4.69, 9.17) is 11.6 Å². The summed E-state index contributed by atoms with van der Waals surface area (Å²) in [5.41, 5.74) is 1.21. The van der Waals surface area contributed by atoms with Crippen LogP contribution in [0.5, 0.6) is 0 Å². The molecule has 6 nitrogen and oxygen atoms in total. The summed E-state index contributed by atoms with van der Waals surface area (Å²) in [6.45, 7) is 5.25. The molecular weight excluding hydrogens is 342 g/mol. The number of carboxylic acids is 1. The fraction of sp³-hybridized carbons (Fsp3) is 0.389. The molecule has 0 saturated heterocycles. The Morgan fingerprint density at radius 1 is 1.36 bits per heavy atom. The van der Waals surface area contributed by atoms with Gasteiger partial charge in [0.1, 0.15) is 6.04 Å². The smallest absolute Gasteiger partial charge is 0.326 e.